The number of amides is 1. The molecule has 6 heteroatoms. The normalized spacial score (nSPS) is 15.7. The number of anilines is 1. The van der Waals surface area contributed by atoms with Crippen LogP contribution in [0, 0.1) is 0 Å². The van der Waals surface area contributed by atoms with Crippen molar-refractivity contribution in [3.05, 3.63) is 94.6 Å². The molecule has 0 bridgehead atoms. The number of benzene rings is 3. The van der Waals surface area contributed by atoms with Crippen LogP contribution in [-0.4, -0.2) is 50.2 Å². The maximum atomic E-state index is 13.2. The molecule has 0 unspecified atom stereocenters. The Morgan fingerprint density at radius 2 is 1.67 bits per heavy atom. The lowest BCUT2D eigenvalue weighted by atomic mass is 9.97. The molecule has 6 nitrogen and oxygen atoms in total. The standard InChI is InChI=1S/C33H36N2O4/c1-35(31-16-18-39-19-17-31)22-23-6-14-30(15-7-23)34-32(36)28-5-3-4-24-10-13-27(20-29(24)21-28)25-8-11-26(12-9-25)33(37)38-2/h6-15,20-21,31H,3-5,16-19,22H2,1-2H3,(H,34,36). The molecular formula is C33H36N2O4. The molecule has 202 valence electrons. The van der Waals surface area contributed by atoms with Crippen molar-refractivity contribution >= 4 is 23.6 Å². The molecular weight excluding hydrogens is 488 g/mol. The molecule has 3 aromatic rings. The van der Waals surface area contributed by atoms with Crippen LogP contribution in [0.15, 0.2) is 72.3 Å². The van der Waals surface area contributed by atoms with E-state index in [1.807, 2.05) is 30.3 Å². The molecule has 1 aliphatic carbocycles. The van der Waals surface area contributed by atoms with Gasteiger partial charge in [0.2, 0.25) is 0 Å². The third kappa shape index (κ3) is 6.64. The number of hydrogen-bond donors (Lipinski definition) is 1. The van der Waals surface area contributed by atoms with Crippen molar-refractivity contribution in [2.75, 3.05) is 32.7 Å². The van der Waals surface area contributed by atoms with Gasteiger partial charge in [-0.2, -0.15) is 0 Å². The number of carbonyl (C=O) groups is 2. The SMILES string of the molecule is COC(=O)c1ccc(-c2ccc3c(c2)C=C(C(=O)Nc2ccc(CN(C)C4CCOCC4)cc2)CCC3)cc1. The molecule has 1 saturated heterocycles. The smallest absolute Gasteiger partial charge is 0.337 e. The van der Waals surface area contributed by atoms with Crippen LogP contribution in [0.3, 0.4) is 0 Å². The van der Waals surface area contributed by atoms with E-state index in [0.29, 0.717) is 11.6 Å². The Morgan fingerprint density at radius 3 is 2.38 bits per heavy atom. The molecule has 0 aromatic heterocycles. The van der Waals surface area contributed by atoms with E-state index in [1.54, 1.807) is 12.1 Å². The number of hydrogen-bond acceptors (Lipinski definition) is 5. The van der Waals surface area contributed by atoms with Crippen molar-refractivity contribution in [1.82, 2.24) is 4.90 Å². The summed E-state index contributed by atoms with van der Waals surface area (Å²) in [6.07, 6.45) is 6.77. The van der Waals surface area contributed by atoms with Crippen LogP contribution in [0.5, 0.6) is 0 Å². The summed E-state index contributed by atoms with van der Waals surface area (Å²) < 4.78 is 10.3. The summed E-state index contributed by atoms with van der Waals surface area (Å²) in [5.74, 6) is -0.401. The number of aryl methyl sites for hydroxylation is 1. The fourth-order valence-electron chi connectivity index (χ4n) is 5.41. The number of nitrogens with one attached hydrogen (secondary N) is 1. The Balaban J connectivity index is 1.26. The Morgan fingerprint density at radius 1 is 0.949 bits per heavy atom. The predicted molar refractivity (Wildman–Crippen MR) is 155 cm³/mol. The van der Waals surface area contributed by atoms with E-state index in [2.05, 4.69) is 47.6 Å². The highest BCUT2D eigenvalue weighted by atomic mass is 16.5. The fourth-order valence-corrected chi connectivity index (χ4v) is 5.41. The Labute approximate surface area is 230 Å². The third-order valence-corrected chi connectivity index (χ3v) is 7.76. The van der Waals surface area contributed by atoms with Crippen molar-refractivity contribution in [2.24, 2.45) is 0 Å². The minimum absolute atomic E-state index is 0.0530. The minimum atomic E-state index is -0.348. The summed E-state index contributed by atoms with van der Waals surface area (Å²) in [6, 6.07) is 22.5. The zero-order valence-electron chi connectivity index (χ0n) is 22.7. The molecule has 1 heterocycles. The second-order valence-electron chi connectivity index (χ2n) is 10.4. The van der Waals surface area contributed by atoms with Gasteiger partial charge in [0.25, 0.3) is 5.91 Å². The fraction of sp³-hybridized carbons (Fsp3) is 0.333. The monoisotopic (exact) mass is 524 g/mol. The lowest BCUT2D eigenvalue weighted by molar-refractivity contribution is -0.112. The summed E-state index contributed by atoms with van der Waals surface area (Å²) in [6.45, 7) is 2.56. The van der Waals surface area contributed by atoms with E-state index in [4.69, 9.17) is 9.47 Å². The topological polar surface area (TPSA) is 67.9 Å². The van der Waals surface area contributed by atoms with Crippen molar-refractivity contribution in [2.45, 2.75) is 44.7 Å². The van der Waals surface area contributed by atoms with Gasteiger partial charge in [-0.25, -0.2) is 4.79 Å². The zero-order valence-corrected chi connectivity index (χ0v) is 22.7. The van der Waals surface area contributed by atoms with Gasteiger partial charge in [-0.05, 0) is 103 Å². The number of carbonyl (C=O) groups excluding carboxylic acids is 2. The number of esters is 1. The summed E-state index contributed by atoms with van der Waals surface area (Å²) in [5, 5.41) is 3.10. The maximum Gasteiger partial charge on any atom is 0.337 e. The molecule has 1 fully saturated rings. The summed E-state index contributed by atoms with van der Waals surface area (Å²) in [4.78, 5) is 27.4. The molecule has 1 aliphatic heterocycles. The lowest BCUT2D eigenvalue weighted by Crippen LogP contribution is -2.36. The first-order valence-electron chi connectivity index (χ1n) is 13.7. The third-order valence-electron chi connectivity index (χ3n) is 7.76. The van der Waals surface area contributed by atoms with Crippen LogP contribution in [0.4, 0.5) is 5.69 Å². The minimum Gasteiger partial charge on any atom is -0.465 e. The Bertz CT molecular complexity index is 1340. The van der Waals surface area contributed by atoms with Crippen molar-refractivity contribution in [3.8, 4) is 11.1 Å². The first-order valence-corrected chi connectivity index (χ1v) is 13.7. The highest BCUT2D eigenvalue weighted by Crippen LogP contribution is 2.29. The first kappa shape index (κ1) is 26.9. The molecule has 0 saturated carbocycles. The summed E-state index contributed by atoms with van der Waals surface area (Å²) in [5.41, 5.74) is 7.72. The van der Waals surface area contributed by atoms with E-state index in [1.165, 1.54) is 18.2 Å². The first-order chi connectivity index (χ1) is 19.0. The number of fused-ring (bicyclic) bond motifs is 1. The molecule has 2 aliphatic rings. The van der Waals surface area contributed by atoms with Crippen LogP contribution < -0.4 is 5.32 Å². The highest BCUT2D eigenvalue weighted by Gasteiger charge is 2.19. The van der Waals surface area contributed by atoms with Crippen molar-refractivity contribution in [1.29, 1.82) is 0 Å². The molecule has 5 rings (SSSR count). The van der Waals surface area contributed by atoms with Crippen LogP contribution in [0.1, 0.15) is 52.7 Å². The van der Waals surface area contributed by atoms with Crippen LogP contribution in [-0.2, 0) is 27.2 Å². The van der Waals surface area contributed by atoms with E-state index in [9.17, 15) is 9.59 Å². The summed E-state index contributed by atoms with van der Waals surface area (Å²) in [7, 11) is 3.55. The maximum absolute atomic E-state index is 13.2. The van der Waals surface area contributed by atoms with Crippen LogP contribution >= 0.6 is 0 Å². The Kier molecular flexibility index (Phi) is 8.54. The van der Waals surface area contributed by atoms with Gasteiger partial charge in [0, 0.05) is 37.1 Å². The van der Waals surface area contributed by atoms with Gasteiger partial charge in [-0.1, -0.05) is 36.4 Å². The number of rotatable bonds is 7. The lowest BCUT2D eigenvalue weighted by Gasteiger charge is -2.31. The van der Waals surface area contributed by atoms with Gasteiger partial charge < -0.3 is 14.8 Å². The molecule has 0 radical (unpaired) electrons. The van der Waals surface area contributed by atoms with Crippen molar-refractivity contribution < 1.29 is 19.1 Å². The van der Waals surface area contributed by atoms with Gasteiger partial charge in [-0.3, -0.25) is 9.69 Å². The largest absolute Gasteiger partial charge is 0.465 e. The van der Waals surface area contributed by atoms with Gasteiger partial charge in [0.15, 0.2) is 0 Å². The Hall–Kier alpha value is -3.74. The van der Waals surface area contributed by atoms with E-state index >= 15 is 0 Å². The molecule has 0 spiro atoms. The number of nitrogens with zero attached hydrogens (tertiary/aromatic N) is 1. The quantitative estimate of drug-likeness (QED) is 0.378. The van der Waals surface area contributed by atoms with Gasteiger partial charge in [-0.15, -0.1) is 0 Å². The molecule has 3 aromatic carbocycles. The number of methoxy groups -OCH3 is 1. The summed E-state index contributed by atoms with van der Waals surface area (Å²) >= 11 is 0. The van der Waals surface area contributed by atoms with E-state index < -0.39 is 0 Å². The zero-order chi connectivity index (χ0) is 27.2. The van der Waals surface area contributed by atoms with Gasteiger partial charge >= 0.3 is 5.97 Å². The average molecular weight is 525 g/mol. The molecule has 1 amide bonds. The highest BCUT2D eigenvalue weighted by molar-refractivity contribution is 6.07. The second-order valence-corrected chi connectivity index (χ2v) is 10.4. The molecule has 0 atom stereocenters. The van der Waals surface area contributed by atoms with Crippen LogP contribution in [0.2, 0.25) is 0 Å². The average Bonchev–Trinajstić information content (AvgIpc) is 3.20. The van der Waals surface area contributed by atoms with Crippen molar-refractivity contribution in [3.63, 3.8) is 0 Å². The van der Waals surface area contributed by atoms with E-state index in [-0.39, 0.29) is 11.9 Å². The van der Waals surface area contributed by atoms with Gasteiger partial charge in [0.05, 0.1) is 12.7 Å². The molecule has 39 heavy (non-hydrogen) atoms. The molecule has 1 N–H and O–H groups in total. The van der Waals surface area contributed by atoms with E-state index in [0.717, 1.165) is 79.8 Å². The van der Waals surface area contributed by atoms with Gasteiger partial charge in [0.1, 0.15) is 0 Å². The predicted octanol–water partition coefficient (Wildman–Crippen LogP) is 6.11. The van der Waals surface area contributed by atoms with Crippen LogP contribution in [0.25, 0.3) is 17.2 Å². The number of ether oxygens (including phenoxy) is 2. The second kappa shape index (κ2) is 12.4.